The molecule has 0 fully saturated rings. The molecule has 0 aliphatic heterocycles. The van der Waals surface area contributed by atoms with Gasteiger partial charge in [-0.05, 0) is 20.8 Å². The highest BCUT2D eigenvalue weighted by atomic mass is 32.2. The van der Waals surface area contributed by atoms with Gasteiger partial charge in [-0.15, -0.1) is 0 Å². The second-order valence-electron chi connectivity index (χ2n) is 6.58. The van der Waals surface area contributed by atoms with E-state index in [1.54, 1.807) is 14.0 Å². The zero-order chi connectivity index (χ0) is 22.5. The summed E-state index contributed by atoms with van der Waals surface area (Å²) < 4.78 is 98.1. The predicted octanol–water partition coefficient (Wildman–Crippen LogP) is 3.09. The van der Waals surface area contributed by atoms with Crippen molar-refractivity contribution < 1.29 is 30.4 Å². The second kappa shape index (κ2) is 7.38. The van der Waals surface area contributed by atoms with E-state index in [1.165, 1.54) is 18.5 Å². The van der Waals surface area contributed by atoms with E-state index in [0.717, 1.165) is 10.9 Å². The monoisotopic (exact) mass is 449 g/mol. The second-order valence-corrected chi connectivity index (χ2v) is 8.23. The fourth-order valence-electron chi connectivity index (χ4n) is 2.87. The van der Waals surface area contributed by atoms with Gasteiger partial charge in [-0.25, -0.2) is 30.4 Å². The molecule has 162 valence electrons. The van der Waals surface area contributed by atoms with Crippen LogP contribution in [0.15, 0.2) is 11.1 Å². The first-order valence-corrected chi connectivity index (χ1v) is 9.90. The lowest BCUT2D eigenvalue weighted by Crippen LogP contribution is -2.15. The number of aromatic nitrogens is 4. The lowest BCUT2D eigenvalue weighted by Gasteiger charge is -2.11. The maximum absolute atomic E-state index is 14.0. The number of rotatable bonds is 5. The summed E-state index contributed by atoms with van der Waals surface area (Å²) in [5.41, 5.74) is -0.453. The molecule has 0 radical (unpaired) electrons. The Morgan fingerprint density at radius 3 is 1.97 bits per heavy atom. The SMILES string of the molecule is Cc1nn(Cc2c(F)c(F)c(F)c(F)c2F)c(C)c1NS(=O)(=O)c1cnn(C)c1C. The molecule has 1 aromatic carbocycles. The van der Waals surface area contributed by atoms with E-state index in [9.17, 15) is 30.4 Å². The number of benzene rings is 1. The molecule has 0 unspecified atom stereocenters. The van der Waals surface area contributed by atoms with E-state index in [2.05, 4.69) is 14.9 Å². The predicted molar refractivity (Wildman–Crippen MR) is 95.8 cm³/mol. The Kier molecular flexibility index (Phi) is 5.35. The minimum atomic E-state index is -4.07. The third-order valence-electron chi connectivity index (χ3n) is 4.71. The molecule has 13 heteroatoms. The molecule has 0 bridgehead atoms. The fraction of sp³-hybridized carbons (Fsp3) is 0.294. The van der Waals surface area contributed by atoms with Gasteiger partial charge in [0.1, 0.15) is 4.90 Å². The highest BCUT2D eigenvalue weighted by Gasteiger charge is 2.28. The average molecular weight is 449 g/mol. The van der Waals surface area contributed by atoms with Crippen molar-refractivity contribution in [2.75, 3.05) is 4.72 Å². The van der Waals surface area contributed by atoms with Crippen LogP contribution in [-0.2, 0) is 23.6 Å². The number of nitrogens with one attached hydrogen (secondary N) is 1. The first kappa shape index (κ1) is 21.7. The van der Waals surface area contributed by atoms with Crippen molar-refractivity contribution in [3.05, 3.63) is 57.9 Å². The molecular formula is C17H16F5N5O2S. The summed E-state index contributed by atoms with van der Waals surface area (Å²) in [6, 6.07) is 0. The minimum absolute atomic E-state index is 0.0159. The smallest absolute Gasteiger partial charge is 0.265 e. The van der Waals surface area contributed by atoms with Crippen LogP contribution in [0.5, 0.6) is 0 Å². The van der Waals surface area contributed by atoms with Gasteiger partial charge in [0.15, 0.2) is 23.3 Å². The molecule has 3 aromatic rings. The number of anilines is 1. The Morgan fingerprint density at radius 2 is 1.47 bits per heavy atom. The Bertz CT molecular complexity index is 1240. The maximum Gasteiger partial charge on any atom is 0.265 e. The van der Waals surface area contributed by atoms with Crippen LogP contribution < -0.4 is 4.72 Å². The van der Waals surface area contributed by atoms with Gasteiger partial charge in [-0.3, -0.25) is 14.1 Å². The summed E-state index contributed by atoms with van der Waals surface area (Å²) in [6.07, 6.45) is 1.15. The van der Waals surface area contributed by atoms with Crippen LogP contribution in [0.3, 0.4) is 0 Å². The molecule has 0 aliphatic carbocycles. The Hall–Kier alpha value is -2.96. The summed E-state index contributed by atoms with van der Waals surface area (Å²) in [4.78, 5) is -0.0867. The van der Waals surface area contributed by atoms with E-state index >= 15 is 0 Å². The van der Waals surface area contributed by atoms with Crippen LogP contribution in [0, 0.1) is 49.9 Å². The molecule has 30 heavy (non-hydrogen) atoms. The van der Waals surface area contributed by atoms with E-state index < -0.39 is 51.2 Å². The van der Waals surface area contributed by atoms with Gasteiger partial charge in [0.25, 0.3) is 10.0 Å². The summed E-state index contributed by atoms with van der Waals surface area (Å²) in [7, 11) is -2.51. The third kappa shape index (κ3) is 3.42. The zero-order valence-corrected chi connectivity index (χ0v) is 17.0. The lowest BCUT2D eigenvalue weighted by molar-refractivity contribution is 0.366. The van der Waals surface area contributed by atoms with Crippen LogP contribution in [0.1, 0.15) is 22.6 Å². The van der Waals surface area contributed by atoms with Gasteiger partial charge >= 0.3 is 0 Å². The van der Waals surface area contributed by atoms with Crippen molar-refractivity contribution in [1.82, 2.24) is 19.6 Å². The number of nitrogens with zero attached hydrogens (tertiary/aromatic N) is 4. The third-order valence-corrected chi connectivity index (χ3v) is 6.16. The van der Waals surface area contributed by atoms with E-state index in [0.29, 0.717) is 5.69 Å². The Morgan fingerprint density at radius 1 is 0.933 bits per heavy atom. The van der Waals surface area contributed by atoms with Crippen molar-refractivity contribution in [2.45, 2.75) is 32.2 Å². The molecule has 0 spiro atoms. The molecule has 3 rings (SSSR count). The number of aryl methyl sites for hydroxylation is 2. The van der Waals surface area contributed by atoms with Crippen LogP contribution in [0.4, 0.5) is 27.6 Å². The van der Waals surface area contributed by atoms with Gasteiger partial charge < -0.3 is 0 Å². The molecule has 0 saturated carbocycles. The van der Waals surface area contributed by atoms with Crippen LogP contribution >= 0.6 is 0 Å². The van der Waals surface area contributed by atoms with Gasteiger partial charge in [-0.1, -0.05) is 0 Å². The summed E-state index contributed by atoms with van der Waals surface area (Å²) in [6.45, 7) is 3.57. The highest BCUT2D eigenvalue weighted by molar-refractivity contribution is 7.92. The van der Waals surface area contributed by atoms with Crippen molar-refractivity contribution in [3.8, 4) is 0 Å². The van der Waals surface area contributed by atoms with Crippen LogP contribution in [-0.4, -0.2) is 28.0 Å². The van der Waals surface area contributed by atoms with Gasteiger partial charge in [-0.2, -0.15) is 10.2 Å². The van der Waals surface area contributed by atoms with Crippen molar-refractivity contribution in [1.29, 1.82) is 0 Å². The fourth-order valence-corrected chi connectivity index (χ4v) is 4.25. The average Bonchev–Trinajstić information content (AvgIpc) is 3.16. The maximum atomic E-state index is 14.0. The molecule has 0 amide bonds. The molecule has 0 saturated heterocycles. The molecule has 7 nitrogen and oxygen atoms in total. The van der Waals surface area contributed by atoms with Crippen molar-refractivity contribution in [3.63, 3.8) is 0 Å². The van der Waals surface area contributed by atoms with Gasteiger partial charge in [0.2, 0.25) is 5.82 Å². The molecule has 0 atom stereocenters. The highest BCUT2D eigenvalue weighted by Crippen LogP contribution is 2.28. The van der Waals surface area contributed by atoms with Crippen molar-refractivity contribution in [2.24, 2.45) is 7.05 Å². The molecule has 2 heterocycles. The normalized spacial score (nSPS) is 11.9. The topological polar surface area (TPSA) is 81.8 Å². The molecule has 0 aliphatic rings. The Balaban J connectivity index is 2.01. The summed E-state index contributed by atoms with van der Waals surface area (Å²) >= 11 is 0. The van der Waals surface area contributed by atoms with E-state index in [4.69, 9.17) is 0 Å². The molecule has 1 N–H and O–H groups in total. The quantitative estimate of drug-likeness (QED) is 0.369. The summed E-state index contributed by atoms with van der Waals surface area (Å²) in [5, 5.41) is 7.84. The minimum Gasteiger partial charge on any atom is -0.276 e. The summed E-state index contributed by atoms with van der Waals surface area (Å²) in [5.74, 6) is -10.4. The van der Waals surface area contributed by atoms with Gasteiger partial charge in [0, 0.05) is 7.05 Å². The van der Waals surface area contributed by atoms with Gasteiger partial charge in [0.05, 0.1) is 41.1 Å². The lowest BCUT2D eigenvalue weighted by atomic mass is 10.1. The van der Waals surface area contributed by atoms with E-state index in [1.807, 2.05) is 0 Å². The number of halogens is 5. The Labute approximate surface area is 168 Å². The van der Waals surface area contributed by atoms with Crippen molar-refractivity contribution >= 4 is 15.7 Å². The number of hydrogen-bond donors (Lipinski definition) is 1. The molecular weight excluding hydrogens is 433 g/mol. The largest absolute Gasteiger partial charge is 0.276 e. The first-order chi connectivity index (χ1) is 13.9. The first-order valence-electron chi connectivity index (χ1n) is 8.42. The van der Waals surface area contributed by atoms with Crippen LogP contribution in [0.25, 0.3) is 0 Å². The standard InChI is InChI=1S/C17H16F5N5O2S/c1-7-17(25-30(28,29)11-5-23-26(4)8(11)2)9(3)27(24-7)6-10-12(18)14(20)16(22)15(21)13(10)19/h5,25H,6H2,1-4H3. The molecule has 2 aromatic heterocycles. The zero-order valence-electron chi connectivity index (χ0n) is 16.2. The van der Waals surface area contributed by atoms with Crippen LogP contribution in [0.2, 0.25) is 0 Å². The number of hydrogen-bond acceptors (Lipinski definition) is 4. The van der Waals surface area contributed by atoms with E-state index in [-0.39, 0.29) is 22.0 Å². The number of sulfonamides is 1.